The van der Waals surface area contributed by atoms with Crippen molar-refractivity contribution in [1.29, 1.82) is 0 Å². The first-order valence-electron chi connectivity index (χ1n) is 8.00. The summed E-state index contributed by atoms with van der Waals surface area (Å²) in [4.78, 5) is 26.8. The summed E-state index contributed by atoms with van der Waals surface area (Å²) < 4.78 is 0. The second kappa shape index (κ2) is 8.83. The second-order valence-electron chi connectivity index (χ2n) is 5.42. The Hall–Kier alpha value is -1.49. The van der Waals surface area contributed by atoms with E-state index in [1.807, 2.05) is 29.2 Å². The van der Waals surface area contributed by atoms with Gasteiger partial charge in [0.2, 0.25) is 11.8 Å². The molecule has 0 aromatic heterocycles. The number of carbonyl (C=O) groups excluding carboxylic acids is 2. The molecule has 1 aromatic rings. The third kappa shape index (κ3) is 5.05. The predicted molar refractivity (Wildman–Crippen MR) is 91.1 cm³/mol. The van der Waals surface area contributed by atoms with E-state index in [4.69, 9.17) is 0 Å². The van der Waals surface area contributed by atoms with Gasteiger partial charge < -0.3 is 10.2 Å². The number of likely N-dealkylation sites (tertiary alicyclic amines) is 1. The van der Waals surface area contributed by atoms with Gasteiger partial charge >= 0.3 is 0 Å². The second-order valence-corrected chi connectivity index (χ2v) is 6.72. The molecular weight excluding hydrogens is 296 g/mol. The minimum atomic E-state index is 0.0219. The van der Waals surface area contributed by atoms with Gasteiger partial charge in [0.05, 0.1) is 5.69 Å². The third-order valence-electron chi connectivity index (χ3n) is 3.71. The highest BCUT2D eigenvalue weighted by Crippen LogP contribution is 2.26. The van der Waals surface area contributed by atoms with Crippen molar-refractivity contribution in [2.24, 2.45) is 0 Å². The summed E-state index contributed by atoms with van der Waals surface area (Å²) >= 11 is 1.72. The number of benzene rings is 1. The molecule has 1 N–H and O–H groups in total. The van der Waals surface area contributed by atoms with Crippen LogP contribution in [-0.4, -0.2) is 35.6 Å². The van der Waals surface area contributed by atoms with Gasteiger partial charge in [-0.3, -0.25) is 9.59 Å². The first-order chi connectivity index (χ1) is 10.7. The molecule has 120 valence electrons. The lowest BCUT2D eigenvalue weighted by atomic mass is 10.1. The minimum Gasteiger partial charge on any atom is -0.343 e. The normalized spacial score (nSPS) is 15.0. The topological polar surface area (TPSA) is 49.4 Å². The van der Waals surface area contributed by atoms with Crippen LogP contribution in [0.2, 0.25) is 0 Å². The molecule has 1 aliphatic heterocycles. The highest BCUT2D eigenvalue weighted by Gasteiger charge is 2.17. The maximum atomic E-state index is 12.1. The molecule has 1 heterocycles. The molecule has 2 amide bonds. The molecular formula is C17H24N2O2S. The van der Waals surface area contributed by atoms with Gasteiger partial charge in [0.15, 0.2) is 0 Å². The summed E-state index contributed by atoms with van der Waals surface area (Å²) in [6.07, 6.45) is 3.92. The summed E-state index contributed by atoms with van der Waals surface area (Å²) in [7, 11) is 0. The number of piperidine rings is 1. The maximum Gasteiger partial charge on any atom is 0.224 e. The van der Waals surface area contributed by atoms with E-state index in [1.54, 1.807) is 11.8 Å². The predicted octanol–water partition coefficient (Wildman–Crippen LogP) is 3.53. The largest absolute Gasteiger partial charge is 0.343 e. The Morgan fingerprint density at radius 2 is 2.14 bits per heavy atom. The minimum absolute atomic E-state index is 0.0219. The Morgan fingerprint density at radius 1 is 1.32 bits per heavy atom. The van der Waals surface area contributed by atoms with Gasteiger partial charge in [-0.1, -0.05) is 19.1 Å². The molecule has 0 saturated carbocycles. The van der Waals surface area contributed by atoms with Gasteiger partial charge in [0.25, 0.3) is 0 Å². The molecule has 0 radical (unpaired) electrons. The van der Waals surface area contributed by atoms with Crippen LogP contribution >= 0.6 is 11.8 Å². The zero-order chi connectivity index (χ0) is 15.8. The van der Waals surface area contributed by atoms with Crippen LogP contribution in [0.5, 0.6) is 0 Å². The van der Waals surface area contributed by atoms with Gasteiger partial charge in [-0.05, 0) is 37.1 Å². The first-order valence-corrected chi connectivity index (χ1v) is 8.98. The summed E-state index contributed by atoms with van der Waals surface area (Å²) in [5.41, 5.74) is 0.883. The molecule has 2 rings (SSSR count). The van der Waals surface area contributed by atoms with Gasteiger partial charge in [-0.15, -0.1) is 11.8 Å². The van der Waals surface area contributed by atoms with Crippen molar-refractivity contribution in [2.45, 2.75) is 43.9 Å². The Labute approximate surface area is 136 Å². The lowest BCUT2D eigenvalue weighted by molar-refractivity contribution is -0.133. The number of nitrogens with one attached hydrogen (secondary N) is 1. The molecule has 1 aromatic carbocycles. The van der Waals surface area contributed by atoms with E-state index in [9.17, 15) is 9.59 Å². The van der Waals surface area contributed by atoms with Crippen LogP contribution in [0.25, 0.3) is 0 Å². The van der Waals surface area contributed by atoms with Crippen molar-refractivity contribution >= 4 is 29.3 Å². The Bertz CT molecular complexity index is 519. The Morgan fingerprint density at radius 3 is 2.91 bits per heavy atom. The van der Waals surface area contributed by atoms with Crippen molar-refractivity contribution in [3.63, 3.8) is 0 Å². The van der Waals surface area contributed by atoms with Crippen molar-refractivity contribution in [3.05, 3.63) is 24.3 Å². The number of hydrogen-bond acceptors (Lipinski definition) is 3. The summed E-state index contributed by atoms with van der Waals surface area (Å²) in [6, 6.07) is 7.87. The molecule has 4 nitrogen and oxygen atoms in total. The quantitative estimate of drug-likeness (QED) is 0.782. The molecule has 0 aliphatic carbocycles. The molecule has 1 aliphatic rings. The average Bonchev–Trinajstić information content (AvgIpc) is 2.51. The van der Waals surface area contributed by atoms with Crippen LogP contribution in [0.15, 0.2) is 29.2 Å². The fourth-order valence-corrected chi connectivity index (χ4v) is 3.35. The van der Waals surface area contributed by atoms with Crippen LogP contribution < -0.4 is 5.32 Å². The van der Waals surface area contributed by atoms with E-state index in [0.717, 1.165) is 42.1 Å². The number of nitrogens with zero attached hydrogens (tertiary/aromatic N) is 1. The summed E-state index contributed by atoms with van der Waals surface area (Å²) in [6.45, 7) is 3.63. The van der Waals surface area contributed by atoms with Gasteiger partial charge in [-0.2, -0.15) is 0 Å². The van der Waals surface area contributed by atoms with Crippen LogP contribution in [0.3, 0.4) is 0 Å². The number of rotatable bonds is 7. The van der Waals surface area contributed by atoms with Crippen LogP contribution in [0, 0.1) is 0 Å². The number of amides is 2. The lowest BCUT2D eigenvalue weighted by Gasteiger charge is -2.26. The van der Waals surface area contributed by atoms with E-state index >= 15 is 0 Å². The highest BCUT2D eigenvalue weighted by molar-refractivity contribution is 7.99. The van der Waals surface area contributed by atoms with Crippen LogP contribution in [0.1, 0.15) is 39.0 Å². The number of para-hydroxylation sites is 1. The molecule has 22 heavy (non-hydrogen) atoms. The Balaban J connectivity index is 1.77. The number of carbonyl (C=O) groups is 2. The van der Waals surface area contributed by atoms with Gasteiger partial charge in [0, 0.05) is 30.8 Å². The standard InChI is InChI=1S/C17H24N2O2S/c1-2-22-15-9-4-3-8-14(15)18-16(20)10-7-13-19-12-6-5-11-17(19)21/h3-4,8-9H,2,5-7,10-13H2,1H3,(H,18,20). The van der Waals surface area contributed by atoms with E-state index < -0.39 is 0 Å². The van der Waals surface area contributed by atoms with Gasteiger partial charge in [0.1, 0.15) is 0 Å². The zero-order valence-corrected chi connectivity index (χ0v) is 14.0. The molecule has 0 bridgehead atoms. The SMILES string of the molecule is CCSc1ccccc1NC(=O)CCCN1CCCCC1=O. The van der Waals surface area contributed by atoms with Crippen molar-refractivity contribution < 1.29 is 9.59 Å². The molecule has 0 spiro atoms. The molecule has 5 heteroatoms. The van der Waals surface area contributed by atoms with E-state index in [-0.39, 0.29) is 11.8 Å². The molecule has 0 atom stereocenters. The fraction of sp³-hybridized carbons (Fsp3) is 0.529. The average molecular weight is 320 g/mol. The summed E-state index contributed by atoms with van der Waals surface area (Å²) in [5.74, 6) is 1.23. The molecule has 1 saturated heterocycles. The van der Waals surface area contributed by atoms with E-state index in [2.05, 4.69) is 12.2 Å². The van der Waals surface area contributed by atoms with Crippen molar-refractivity contribution in [1.82, 2.24) is 4.90 Å². The number of thioether (sulfide) groups is 1. The maximum absolute atomic E-state index is 12.1. The van der Waals surface area contributed by atoms with E-state index in [0.29, 0.717) is 19.4 Å². The lowest BCUT2D eigenvalue weighted by Crippen LogP contribution is -2.36. The van der Waals surface area contributed by atoms with Crippen LogP contribution in [-0.2, 0) is 9.59 Å². The Kier molecular flexibility index (Phi) is 6.77. The fourth-order valence-electron chi connectivity index (χ4n) is 2.59. The molecule has 1 fully saturated rings. The third-order valence-corrected chi connectivity index (χ3v) is 4.67. The zero-order valence-electron chi connectivity index (χ0n) is 13.1. The monoisotopic (exact) mass is 320 g/mol. The first kappa shape index (κ1) is 16.9. The molecule has 0 unspecified atom stereocenters. The smallest absolute Gasteiger partial charge is 0.224 e. The van der Waals surface area contributed by atoms with Crippen molar-refractivity contribution in [3.8, 4) is 0 Å². The van der Waals surface area contributed by atoms with Crippen molar-refractivity contribution in [2.75, 3.05) is 24.2 Å². The number of hydrogen-bond donors (Lipinski definition) is 1. The van der Waals surface area contributed by atoms with E-state index in [1.165, 1.54) is 0 Å². The van der Waals surface area contributed by atoms with Crippen LogP contribution in [0.4, 0.5) is 5.69 Å². The number of anilines is 1. The summed E-state index contributed by atoms with van der Waals surface area (Å²) in [5, 5.41) is 2.98. The van der Waals surface area contributed by atoms with Gasteiger partial charge in [-0.25, -0.2) is 0 Å². The highest BCUT2D eigenvalue weighted by atomic mass is 32.2.